The predicted octanol–water partition coefficient (Wildman–Crippen LogP) is 1.99. The molecule has 0 heterocycles. The first-order chi connectivity index (χ1) is 7.51. The van der Waals surface area contributed by atoms with Crippen molar-refractivity contribution in [1.82, 2.24) is 5.32 Å². The maximum atomic E-state index is 11.4. The summed E-state index contributed by atoms with van der Waals surface area (Å²) in [6.45, 7) is 4.04. The molecular formula is C13H19NO2. The second-order valence-corrected chi connectivity index (χ2v) is 4.20. The minimum atomic E-state index is -0.374. The molecule has 16 heavy (non-hydrogen) atoms. The lowest BCUT2D eigenvalue weighted by atomic mass is 9.88. The van der Waals surface area contributed by atoms with Crippen molar-refractivity contribution in [3.8, 4) is 0 Å². The number of ether oxygens (including phenoxy) is 1. The summed E-state index contributed by atoms with van der Waals surface area (Å²) in [5.74, 6) is -0.211. The molecule has 0 amide bonds. The van der Waals surface area contributed by atoms with Gasteiger partial charge in [-0.05, 0) is 26.5 Å². The number of aryl methyl sites for hydroxylation is 1. The summed E-state index contributed by atoms with van der Waals surface area (Å²) >= 11 is 0. The van der Waals surface area contributed by atoms with Gasteiger partial charge in [-0.3, -0.25) is 4.79 Å². The molecule has 0 radical (unpaired) electrons. The second-order valence-electron chi connectivity index (χ2n) is 4.20. The molecule has 3 nitrogen and oxygen atoms in total. The zero-order chi connectivity index (χ0) is 12.2. The van der Waals surface area contributed by atoms with Crippen molar-refractivity contribution in [1.29, 1.82) is 0 Å². The Balaban J connectivity index is 2.95. The number of rotatable bonds is 4. The summed E-state index contributed by atoms with van der Waals surface area (Å²) < 4.78 is 4.71. The van der Waals surface area contributed by atoms with E-state index in [0.29, 0.717) is 6.42 Å². The number of hydrogen-bond acceptors (Lipinski definition) is 3. The van der Waals surface area contributed by atoms with Crippen LogP contribution in [0.4, 0.5) is 0 Å². The second kappa shape index (κ2) is 5.12. The molecule has 0 aliphatic carbocycles. The van der Waals surface area contributed by atoms with E-state index in [-0.39, 0.29) is 11.5 Å². The van der Waals surface area contributed by atoms with Crippen LogP contribution in [0.1, 0.15) is 24.5 Å². The van der Waals surface area contributed by atoms with Crippen LogP contribution in [0.15, 0.2) is 24.3 Å². The molecule has 1 unspecified atom stereocenters. The van der Waals surface area contributed by atoms with Gasteiger partial charge in [-0.1, -0.05) is 29.8 Å². The molecule has 1 rings (SSSR count). The molecule has 0 saturated heterocycles. The number of nitrogens with one attached hydrogen (secondary N) is 1. The topological polar surface area (TPSA) is 38.3 Å². The summed E-state index contributed by atoms with van der Waals surface area (Å²) in [6.07, 6.45) is 0.322. The highest BCUT2D eigenvalue weighted by Crippen LogP contribution is 2.24. The van der Waals surface area contributed by atoms with Crippen molar-refractivity contribution in [3.63, 3.8) is 0 Å². The van der Waals surface area contributed by atoms with E-state index in [1.165, 1.54) is 12.7 Å². The molecule has 3 heteroatoms. The van der Waals surface area contributed by atoms with Crippen molar-refractivity contribution in [2.45, 2.75) is 25.8 Å². The standard InChI is InChI=1S/C13H19NO2/c1-10-5-7-11(8-6-10)13(2,14-3)9-12(15)16-4/h5-8,14H,9H2,1-4H3. The summed E-state index contributed by atoms with van der Waals surface area (Å²) in [5.41, 5.74) is 1.92. The lowest BCUT2D eigenvalue weighted by Crippen LogP contribution is -2.39. The molecule has 1 atom stereocenters. The Labute approximate surface area is 96.8 Å². The normalized spacial score (nSPS) is 14.2. The maximum Gasteiger partial charge on any atom is 0.307 e. The van der Waals surface area contributed by atoms with E-state index in [1.54, 1.807) is 0 Å². The minimum Gasteiger partial charge on any atom is -0.469 e. The van der Waals surface area contributed by atoms with Crippen molar-refractivity contribution in [2.24, 2.45) is 0 Å². The molecule has 0 spiro atoms. The molecule has 1 aromatic rings. The third kappa shape index (κ3) is 2.83. The van der Waals surface area contributed by atoms with Gasteiger partial charge in [0, 0.05) is 0 Å². The monoisotopic (exact) mass is 221 g/mol. The van der Waals surface area contributed by atoms with Gasteiger partial charge in [0.25, 0.3) is 0 Å². The molecule has 0 aliphatic heterocycles. The number of hydrogen-bond donors (Lipinski definition) is 1. The Morgan fingerprint density at radius 1 is 1.38 bits per heavy atom. The Bertz CT molecular complexity index is 359. The first kappa shape index (κ1) is 12.7. The van der Waals surface area contributed by atoms with Gasteiger partial charge in [0.1, 0.15) is 0 Å². The van der Waals surface area contributed by atoms with E-state index in [4.69, 9.17) is 4.74 Å². The Morgan fingerprint density at radius 3 is 2.38 bits per heavy atom. The van der Waals surface area contributed by atoms with Crippen molar-refractivity contribution >= 4 is 5.97 Å². The van der Waals surface area contributed by atoms with Gasteiger partial charge < -0.3 is 10.1 Å². The van der Waals surface area contributed by atoms with E-state index in [0.717, 1.165) is 5.56 Å². The van der Waals surface area contributed by atoms with Crippen LogP contribution in [-0.2, 0) is 15.1 Å². The fourth-order valence-electron chi connectivity index (χ4n) is 1.62. The maximum absolute atomic E-state index is 11.4. The van der Waals surface area contributed by atoms with Crippen molar-refractivity contribution < 1.29 is 9.53 Å². The van der Waals surface area contributed by atoms with Crippen molar-refractivity contribution in [2.75, 3.05) is 14.2 Å². The molecule has 0 bridgehead atoms. The van der Waals surface area contributed by atoms with Crippen LogP contribution in [0.2, 0.25) is 0 Å². The van der Waals surface area contributed by atoms with Gasteiger partial charge in [0.05, 0.1) is 19.1 Å². The van der Waals surface area contributed by atoms with Crippen LogP contribution in [0.25, 0.3) is 0 Å². The van der Waals surface area contributed by atoms with Gasteiger partial charge >= 0.3 is 5.97 Å². The van der Waals surface area contributed by atoms with Gasteiger partial charge in [0.2, 0.25) is 0 Å². The number of methoxy groups -OCH3 is 1. The quantitative estimate of drug-likeness (QED) is 0.790. The van der Waals surface area contributed by atoms with Gasteiger partial charge in [-0.15, -0.1) is 0 Å². The zero-order valence-electron chi connectivity index (χ0n) is 10.3. The lowest BCUT2D eigenvalue weighted by molar-refractivity contribution is -0.142. The molecule has 1 aromatic carbocycles. The van der Waals surface area contributed by atoms with Crippen LogP contribution in [0.5, 0.6) is 0 Å². The van der Waals surface area contributed by atoms with Crippen LogP contribution in [-0.4, -0.2) is 20.1 Å². The van der Waals surface area contributed by atoms with Crippen LogP contribution in [0.3, 0.4) is 0 Å². The smallest absolute Gasteiger partial charge is 0.307 e. The van der Waals surface area contributed by atoms with Crippen molar-refractivity contribution in [3.05, 3.63) is 35.4 Å². The fourth-order valence-corrected chi connectivity index (χ4v) is 1.62. The summed E-state index contributed by atoms with van der Waals surface area (Å²) in [4.78, 5) is 11.4. The SMILES string of the molecule is CNC(C)(CC(=O)OC)c1ccc(C)cc1. The van der Waals surface area contributed by atoms with Crippen LogP contribution < -0.4 is 5.32 Å². The molecule has 0 aliphatic rings. The Hall–Kier alpha value is -1.35. The first-order valence-corrected chi connectivity index (χ1v) is 5.34. The summed E-state index contributed by atoms with van der Waals surface area (Å²) in [5, 5.41) is 3.18. The number of carbonyl (C=O) groups is 1. The first-order valence-electron chi connectivity index (χ1n) is 5.34. The molecular weight excluding hydrogens is 202 g/mol. The highest BCUT2D eigenvalue weighted by Gasteiger charge is 2.28. The number of esters is 1. The third-order valence-electron chi connectivity index (χ3n) is 2.97. The van der Waals surface area contributed by atoms with E-state index < -0.39 is 0 Å². The summed E-state index contributed by atoms with van der Waals surface area (Å²) in [7, 11) is 3.26. The van der Waals surface area contributed by atoms with E-state index in [1.807, 2.05) is 45.2 Å². The van der Waals surface area contributed by atoms with Gasteiger partial charge in [-0.25, -0.2) is 0 Å². The highest BCUT2D eigenvalue weighted by molar-refractivity contribution is 5.71. The van der Waals surface area contributed by atoms with E-state index in [2.05, 4.69) is 5.32 Å². The minimum absolute atomic E-state index is 0.211. The predicted molar refractivity (Wildman–Crippen MR) is 64.2 cm³/mol. The molecule has 0 saturated carbocycles. The van der Waals surface area contributed by atoms with Crippen LogP contribution >= 0.6 is 0 Å². The number of benzene rings is 1. The average molecular weight is 221 g/mol. The zero-order valence-corrected chi connectivity index (χ0v) is 10.3. The van der Waals surface area contributed by atoms with Gasteiger partial charge in [0.15, 0.2) is 0 Å². The average Bonchev–Trinajstić information content (AvgIpc) is 2.29. The number of carbonyl (C=O) groups excluding carboxylic acids is 1. The molecule has 0 fully saturated rings. The largest absolute Gasteiger partial charge is 0.469 e. The highest BCUT2D eigenvalue weighted by atomic mass is 16.5. The van der Waals surface area contributed by atoms with E-state index >= 15 is 0 Å². The summed E-state index contributed by atoms with van der Waals surface area (Å²) in [6, 6.07) is 8.16. The lowest BCUT2D eigenvalue weighted by Gasteiger charge is -2.28. The third-order valence-corrected chi connectivity index (χ3v) is 2.97. The molecule has 1 N–H and O–H groups in total. The Kier molecular flexibility index (Phi) is 4.07. The van der Waals surface area contributed by atoms with E-state index in [9.17, 15) is 4.79 Å². The van der Waals surface area contributed by atoms with Gasteiger partial charge in [-0.2, -0.15) is 0 Å². The molecule has 0 aromatic heterocycles. The molecule has 88 valence electrons. The fraction of sp³-hybridized carbons (Fsp3) is 0.462. The van der Waals surface area contributed by atoms with Crippen LogP contribution in [0, 0.1) is 6.92 Å². The Morgan fingerprint density at radius 2 is 1.94 bits per heavy atom.